The first-order valence-corrected chi connectivity index (χ1v) is 12.5. The number of rotatable bonds is 7. The first-order chi connectivity index (χ1) is 15.9. The summed E-state index contributed by atoms with van der Waals surface area (Å²) in [5.74, 6) is -0.655. The molecule has 0 aliphatic carbocycles. The fraction of sp³-hybridized carbons (Fsp3) is 0.261. The predicted octanol–water partition coefficient (Wildman–Crippen LogP) is 5.32. The largest absolute Gasteiger partial charge is 0.431 e. The first-order valence-electron chi connectivity index (χ1n) is 10.1. The van der Waals surface area contributed by atoms with Gasteiger partial charge in [0.1, 0.15) is 15.5 Å². The van der Waals surface area contributed by atoms with Crippen molar-refractivity contribution in [2.75, 3.05) is 18.6 Å². The highest BCUT2D eigenvalue weighted by Crippen LogP contribution is 2.45. The van der Waals surface area contributed by atoms with Gasteiger partial charge in [0.05, 0.1) is 12.3 Å². The van der Waals surface area contributed by atoms with Crippen LogP contribution in [0.2, 0.25) is 5.02 Å². The van der Waals surface area contributed by atoms with Crippen LogP contribution in [0.25, 0.3) is 11.1 Å². The van der Waals surface area contributed by atoms with E-state index >= 15 is 0 Å². The maximum Gasteiger partial charge on any atom is 0.431 e. The van der Waals surface area contributed by atoms with Crippen molar-refractivity contribution in [1.82, 2.24) is 9.88 Å². The second-order valence-electron chi connectivity index (χ2n) is 7.68. The van der Waals surface area contributed by atoms with Gasteiger partial charge < -0.3 is 14.6 Å². The Bertz CT molecular complexity index is 1270. The monoisotopic (exact) mass is 514 g/mol. The van der Waals surface area contributed by atoms with Crippen molar-refractivity contribution in [3.63, 3.8) is 0 Å². The Kier molecular flexibility index (Phi) is 7.62. The minimum absolute atomic E-state index is 0.0817. The van der Waals surface area contributed by atoms with Crippen molar-refractivity contribution in [2.45, 2.75) is 19.6 Å². The molecule has 0 aliphatic rings. The fourth-order valence-electron chi connectivity index (χ4n) is 3.53. The van der Waals surface area contributed by atoms with E-state index in [0.29, 0.717) is 16.1 Å². The Morgan fingerprint density at radius 2 is 1.71 bits per heavy atom. The van der Waals surface area contributed by atoms with Gasteiger partial charge in [-0.05, 0) is 35.7 Å². The molecule has 0 saturated carbocycles. The van der Waals surface area contributed by atoms with Gasteiger partial charge in [-0.15, -0.1) is 0 Å². The summed E-state index contributed by atoms with van der Waals surface area (Å²) in [5.41, 5.74) is -0.0609. The van der Waals surface area contributed by atoms with Crippen LogP contribution < -0.4 is 10.1 Å². The highest BCUT2D eigenvalue weighted by atomic mass is 35.5. The minimum Gasteiger partial charge on any atom is -0.392 e. The number of ether oxygens (including phenoxy) is 1. The normalized spacial score (nSPS) is 11.9. The van der Waals surface area contributed by atoms with Crippen LogP contribution in [0.4, 0.5) is 18.0 Å². The molecule has 0 fully saturated rings. The molecule has 1 aromatic heterocycles. The van der Waals surface area contributed by atoms with Crippen LogP contribution in [-0.2, 0) is 22.6 Å². The quantitative estimate of drug-likeness (QED) is 0.463. The zero-order valence-electron chi connectivity index (χ0n) is 18.3. The van der Waals surface area contributed by atoms with Crippen LogP contribution in [0.15, 0.2) is 54.6 Å². The van der Waals surface area contributed by atoms with E-state index in [1.54, 1.807) is 30.3 Å². The molecule has 0 unspecified atom stereocenters. The Balaban J connectivity index is 2.13. The summed E-state index contributed by atoms with van der Waals surface area (Å²) in [7, 11) is -3.36. The van der Waals surface area contributed by atoms with Gasteiger partial charge in [-0.25, -0.2) is 13.2 Å². The molecule has 1 heterocycles. The molecule has 3 rings (SSSR count). The number of benzene rings is 2. The molecule has 11 heteroatoms. The number of amides is 1. The van der Waals surface area contributed by atoms with E-state index in [2.05, 4.69) is 5.32 Å². The molecule has 182 valence electrons. The zero-order valence-corrected chi connectivity index (χ0v) is 19.9. The Morgan fingerprint density at radius 3 is 2.26 bits per heavy atom. The number of halogens is 4. The van der Waals surface area contributed by atoms with Gasteiger partial charge in [0.25, 0.3) is 0 Å². The maximum absolute atomic E-state index is 14.2. The van der Waals surface area contributed by atoms with E-state index in [4.69, 9.17) is 16.3 Å². The van der Waals surface area contributed by atoms with Crippen molar-refractivity contribution in [1.29, 1.82) is 0 Å². The summed E-state index contributed by atoms with van der Waals surface area (Å²) in [6.07, 6.45) is -4.81. The van der Waals surface area contributed by atoms with Crippen molar-refractivity contribution in [2.24, 2.45) is 0 Å². The molecule has 0 saturated heterocycles. The van der Waals surface area contributed by atoms with Crippen LogP contribution in [0.5, 0.6) is 5.88 Å². The Morgan fingerprint density at radius 1 is 1.09 bits per heavy atom. The van der Waals surface area contributed by atoms with Gasteiger partial charge in [0, 0.05) is 23.4 Å². The Hall–Kier alpha value is -2.98. The first kappa shape index (κ1) is 25.6. The number of carbonyl (C=O) groups excluding carboxylic acids is 1. The standard InChI is InChI=1S/C23H22ClF3N2O4S/c1-15-19(17-8-10-18(24)11-9-17)21(33-22(30)28-12-13-34(2,31)32)29(20(15)23(25,26)27)14-16-6-4-3-5-7-16/h3-11H,12-14H2,1-2H3,(H,28,30). The van der Waals surface area contributed by atoms with Crippen molar-refractivity contribution < 1.29 is 31.1 Å². The van der Waals surface area contributed by atoms with Gasteiger partial charge in [-0.1, -0.05) is 54.1 Å². The van der Waals surface area contributed by atoms with Gasteiger partial charge >= 0.3 is 12.3 Å². The smallest absolute Gasteiger partial charge is 0.392 e. The molecule has 2 aromatic carbocycles. The van der Waals surface area contributed by atoms with Crippen molar-refractivity contribution >= 4 is 27.5 Å². The predicted molar refractivity (Wildman–Crippen MR) is 124 cm³/mol. The third kappa shape index (κ3) is 6.32. The number of nitrogens with zero attached hydrogens (tertiary/aromatic N) is 1. The molecule has 1 amide bonds. The van der Waals surface area contributed by atoms with Crippen LogP contribution in [0, 0.1) is 6.92 Å². The van der Waals surface area contributed by atoms with Gasteiger partial charge in [-0.3, -0.25) is 0 Å². The summed E-state index contributed by atoms with van der Waals surface area (Å²) in [4.78, 5) is 12.5. The second-order valence-corrected chi connectivity index (χ2v) is 10.4. The topological polar surface area (TPSA) is 77.4 Å². The number of sulfone groups is 1. The lowest BCUT2D eigenvalue weighted by Crippen LogP contribution is -2.32. The van der Waals surface area contributed by atoms with Crippen molar-refractivity contribution in [3.8, 4) is 17.0 Å². The van der Waals surface area contributed by atoms with E-state index in [9.17, 15) is 26.4 Å². The maximum atomic E-state index is 14.2. The third-order valence-corrected chi connectivity index (χ3v) is 6.17. The molecule has 6 nitrogen and oxygen atoms in total. The fourth-order valence-corrected chi connectivity index (χ4v) is 4.12. The molecule has 0 aliphatic heterocycles. The van der Waals surface area contributed by atoms with Gasteiger partial charge in [0.15, 0.2) is 0 Å². The summed E-state index contributed by atoms with van der Waals surface area (Å²) < 4.78 is 71.5. The van der Waals surface area contributed by atoms with Crippen LogP contribution in [0.1, 0.15) is 16.8 Å². The molecule has 3 aromatic rings. The number of alkyl halides is 3. The van der Waals surface area contributed by atoms with E-state index in [-0.39, 0.29) is 35.8 Å². The molecular weight excluding hydrogens is 493 g/mol. The van der Waals surface area contributed by atoms with Gasteiger partial charge in [-0.2, -0.15) is 13.2 Å². The molecule has 0 spiro atoms. The van der Waals surface area contributed by atoms with E-state index < -0.39 is 27.8 Å². The molecule has 0 bridgehead atoms. The lowest BCUT2D eigenvalue weighted by atomic mass is 10.0. The average molecular weight is 515 g/mol. The minimum atomic E-state index is -4.74. The summed E-state index contributed by atoms with van der Waals surface area (Å²) in [6, 6.07) is 14.6. The summed E-state index contributed by atoms with van der Waals surface area (Å²) >= 11 is 5.94. The number of nitrogens with one attached hydrogen (secondary N) is 1. The molecule has 34 heavy (non-hydrogen) atoms. The number of hydrogen-bond acceptors (Lipinski definition) is 4. The molecule has 0 atom stereocenters. The SMILES string of the molecule is Cc1c(-c2ccc(Cl)cc2)c(OC(=O)NCCS(C)(=O)=O)n(Cc2ccccc2)c1C(F)(F)F. The second kappa shape index (κ2) is 10.1. The number of hydrogen-bond donors (Lipinski definition) is 1. The molecule has 1 N–H and O–H groups in total. The summed E-state index contributed by atoms with van der Waals surface area (Å²) in [6.45, 7) is 0.844. The average Bonchev–Trinajstić information content (AvgIpc) is 2.99. The number of aromatic nitrogens is 1. The highest BCUT2D eigenvalue weighted by molar-refractivity contribution is 7.90. The van der Waals surface area contributed by atoms with E-state index in [1.165, 1.54) is 31.2 Å². The number of carbonyl (C=O) groups is 1. The van der Waals surface area contributed by atoms with Crippen LogP contribution in [0.3, 0.4) is 0 Å². The van der Waals surface area contributed by atoms with Crippen LogP contribution >= 0.6 is 11.6 Å². The lowest BCUT2D eigenvalue weighted by molar-refractivity contribution is -0.144. The van der Waals surface area contributed by atoms with Crippen molar-refractivity contribution in [3.05, 3.63) is 76.4 Å². The zero-order chi connectivity index (χ0) is 25.1. The molecule has 0 radical (unpaired) electrons. The lowest BCUT2D eigenvalue weighted by Gasteiger charge is -2.16. The highest BCUT2D eigenvalue weighted by Gasteiger charge is 2.41. The van der Waals surface area contributed by atoms with E-state index in [1.807, 2.05) is 0 Å². The summed E-state index contributed by atoms with van der Waals surface area (Å²) in [5, 5.41) is 2.67. The third-order valence-electron chi connectivity index (χ3n) is 4.98. The molecular formula is C23H22ClF3N2O4S. The van der Waals surface area contributed by atoms with Gasteiger partial charge in [0.2, 0.25) is 5.88 Å². The van der Waals surface area contributed by atoms with E-state index in [0.717, 1.165) is 10.8 Å². The van der Waals surface area contributed by atoms with Crippen LogP contribution in [-0.4, -0.2) is 37.6 Å². The Labute approximate surface area is 200 Å².